The molecule has 0 spiro atoms. The zero-order valence-electron chi connectivity index (χ0n) is 9.17. The van der Waals surface area contributed by atoms with Gasteiger partial charge in [0.1, 0.15) is 0 Å². The van der Waals surface area contributed by atoms with E-state index in [1.54, 1.807) is 7.05 Å². The highest BCUT2D eigenvalue weighted by Gasteiger charge is 2.21. The number of nitrogens with zero attached hydrogens (tertiary/aromatic N) is 1. The minimum atomic E-state index is -4.40. The second-order valence-corrected chi connectivity index (χ2v) is 4.96. The van der Waals surface area contributed by atoms with Crippen LogP contribution >= 0.6 is 0 Å². The lowest BCUT2D eigenvalue weighted by Gasteiger charge is -2.19. The molecule has 0 aliphatic carbocycles. The third-order valence-corrected chi connectivity index (χ3v) is 2.87. The summed E-state index contributed by atoms with van der Waals surface area (Å²) in [5.41, 5.74) is 0. The molecule has 0 saturated carbocycles. The van der Waals surface area contributed by atoms with E-state index in [1.807, 2.05) is 13.8 Å². The van der Waals surface area contributed by atoms with Gasteiger partial charge in [-0.1, -0.05) is 0 Å². The predicted octanol–water partition coefficient (Wildman–Crippen LogP) is 1.01. The first-order valence-electron chi connectivity index (χ1n) is 4.58. The Labute approximate surface area is 93.6 Å². The van der Waals surface area contributed by atoms with Crippen molar-refractivity contribution in [1.82, 2.24) is 4.90 Å². The zero-order chi connectivity index (χ0) is 12.5. The molecule has 1 aromatic heterocycles. The second-order valence-electron chi connectivity index (χ2n) is 3.60. The summed E-state index contributed by atoms with van der Waals surface area (Å²) in [5, 5.41) is -0.631. The maximum absolute atomic E-state index is 11.7. The van der Waals surface area contributed by atoms with Crippen LogP contribution in [0, 0.1) is 0 Å². The van der Waals surface area contributed by atoms with Gasteiger partial charge < -0.3 is 9.32 Å². The van der Waals surface area contributed by atoms with Crippen molar-refractivity contribution in [3.8, 4) is 0 Å². The number of hydrogen-bond donors (Lipinski definition) is 1. The van der Waals surface area contributed by atoms with E-state index in [9.17, 15) is 13.2 Å². The molecule has 0 fully saturated rings. The monoisotopic (exact) mass is 247 g/mol. The summed E-state index contributed by atoms with van der Waals surface area (Å²) < 4.78 is 34.9. The third kappa shape index (κ3) is 2.61. The maximum atomic E-state index is 11.7. The SMILES string of the molecule is CC(C)N(C)C(=O)c1ccc(S(=O)(=O)O)o1. The van der Waals surface area contributed by atoms with Crippen LogP contribution in [0.25, 0.3) is 0 Å². The van der Waals surface area contributed by atoms with E-state index in [4.69, 9.17) is 8.97 Å². The highest BCUT2D eigenvalue weighted by atomic mass is 32.2. The number of carbonyl (C=O) groups is 1. The number of carbonyl (C=O) groups excluding carboxylic acids is 1. The van der Waals surface area contributed by atoms with Crippen LogP contribution < -0.4 is 0 Å². The second kappa shape index (κ2) is 4.26. The van der Waals surface area contributed by atoms with Gasteiger partial charge in [0.15, 0.2) is 5.76 Å². The van der Waals surface area contributed by atoms with Crippen molar-refractivity contribution in [2.75, 3.05) is 7.05 Å². The van der Waals surface area contributed by atoms with Gasteiger partial charge in [0.2, 0.25) is 5.09 Å². The third-order valence-electron chi connectivity index (χ3n) is 2.14. The molecule has 1 N–H and O–H groups in total. The lowest BCUT2D eigenvalue weighted by atomic mass is 10.3. The van der Waals surface area contributed by atoms with Gasteiger partial charge in [0, 0.05) is 13.1 Å². The summed E-state index contributed by atoms with van der Waals surface area (Å²) in [7, 11) is -2.83. The molecular formula is C9H13NO5S. The minimum Gasteiger partial charge on any atom is -0.437 e. The van der Waals surface area contributed by atoms with Crippen molar-refractivity contribution >= 4 is 16.0 Å². The van der Waals surface area contributed by atoms with E-state index in [0.717, 1.165) is 6.07 Å². The van der Waals surface area contributed by atoms with Crippen LogP contribution in [-0.2, 0) is 10.1 Å². The average Bonchev–Trinajstić information content (AvgIpc) is 2.63. The quantitative estimate of drug-likeness (QED) is 0.805. The topological polar surface area (TPSA) is 87.8 Å². The van der Waals surface area contributed by atoms with Crippen LogP contribution in [0.1, 0.15) is 24.4 Å². The summed E-state index contributed by atoms with van der Waals surface area (Å²) in [6.45, 7) is 3.62. The maximum Gasteiger partial charge on any atom is 0.328 e. The minimum absolute atomic E-state index is 0.0354. The van der Waals surface area contributed by atoms with E-state index in [-0.39, 0.29) is 11.8 Å². The van der Waals surface area contributed by atoms with Gasteiger partial charge in [-0.2, -0.15) is 8.42 Å². The van der Waals surface area contributed by atoms with Crippen LogP contribution in [-0.4, -0.2) is 36.9 Å². The molecule has 0 saturated heterocycles. The summed E-state index contributed by atoms with van der Waals surface area (Å²) in [5.74, 6) is -0.561. The molecule has 0 unspecified atom stereocenters. The molecule has 16 heavy (non-hydrogen) atoms. The first kappa shape index (κ1) is 12.7. The molecule has 6 nitrogen and oxygen atoms in total. The van der Waals surface area contributed by atoms with Gasteiger partial charge in [-0.25, -0.2) is 0 Å². The number of rotatable bonds is 3. The summed E-state index contributed by atoms with van der Waals surface area (Å²) in [6, 6.07) is 2.22. The van der Waals surface area contributed by atoms with Crippen molar-refractivity contribution < 1.29 is 22.2 Å². The van der Waals surface area contributed by atoms with E-state index in [0.29, 0.717) is 0 Å². The van der Waals surface area contributed by atoms with E-state index in [1.165, 1.54) is 11.0 Å². The Balaban J connectivity index is 3.00. The molecule has 0 radical (unpaired) electrons. The fourth-order valence-corrected chi connectivity index (χ4v) is 1.42. The lowest BCUT2D eigenvalue weighted by molar-refractivity contribution is 0.0717. The van der Waals surface area contributed by atoms with Crippen molar-refractivity contribution in [3.63, 3.8) is 0 Å². The molecule has 0 atom stereocenters. The molecule has 0 bridgehead atoms. The van der Waals surface area contributed by atoms with E-state index >= 15 is 0 Å². The zero-order valence-corrected chi connectivity index (χ0v) is 9.98. The van der Waals surface area contributed by atoms with Crippen molar-refractivity contribution in [2.24, 2.45) is 0 Å². The molecule has 1 aromatic rings. The fourth-order valence-electron chi connectivity index (χ4n) is 0.982. The Morgan fingerprint density at radius 3 is 2.38 bits per heavy atom. The first-order chi connectivity index (χ1) is 7.23. The Hall–Kier alpha value is -1.34. The van der Waals surface area contributed by atoms with Gasteiger partial charge in [-0.15, -0.1) is 0 Å². The van der Waals surface area contributed by atoms with E-state index in [2.05, 4.69) is 0 Å². The standard InChI is InChI=1S/C9H13NO5S/c1-6(2)10(3)9(11)7-4-5-8(15-7)16(12,13)14/h4-6H,1-3H3,(H,12,13,14). The molecule has 1 rings (SSSR count). The largest absolute Gasteiger partial charge is 0.437 e. The summed E-state index contributed by atoms with van der Waals surface area (Å²) >= 11 is 0. The Morgan fingerprint density at radius 1 is 1.44 bits per heavy atom. The number of hydrogen-bond acceptors (Lipinski definition) is 4. The normalized spacial score (nSPS) is 11.8. The molecule has 0 aromatic carbocycles. The van der Waals surface area contributed by atoms with Crippen LogP contribution in [0.2, 0.25) is 0 Å². The van der Waals surface area contributed by atoms with Gasteiger partial charge >= 0.3 is 10.1 Å². The van der Waals surface area contributed by atoms with Gasteiger partial charge in [0.25, 0.3) is 5.91 Å². The summed E-state index contributed by atoms with van der Waals surface area (Å²) in [4.78, 5) is 13.1. The Kier molecular flexibility index (Phi) is 3.39. The smallest absolute Gasteiger partial charge is 0.328 e. The van der Waals surface area contributed by atoms with Crippen LogP contribution in [0.3, 0.4) is 0 Å². The van der Waals surface area contributed by atoms with Gasteiger partial charge in [0.05, 0.1) is 0 Å². The Bertz CT molecular complexity index is 488. The molecule has 7 heteroatoms. The fraction of sp³-hybridized carbons (Fsp3) is 0.444. The van der Waals surface area contributed by atoms with Crippen molar-refractivity contribution in [2.45, 2.75) is 25.0 Å². The van der Waals surface area contributed by atoms with Crippen LogP contribution in [0.4, 0.5) is 0 Å². The highest BCUT2D eigenvalue weighted by Crippen LogP contribution is 2.15. The van der Waals surface area contributed by atoms with Crippen LogP contribution in [0.15, 0.2) is 21.6 Å². The first-order valence-corrected chi connectivity index (χ1v) is 6.02. The molecule has 1 amide bonds. The number of amides is 1. The van der Waals surface area contributed by atoms with Crippen molar-refractivity contribution in [1.29, 1.82) is 0 Å². The molecule has 90 valence electrons. The average molecular weight is 247 g/mol. The van der Waals surface area contributed by atoms with Gasteiger partial charge in [-0.05, 0) is 26.0 Å². The number of furan rings is 1. The molecule has 1 heterocycles. The van der Waals surface area contributed by atoms with Gasteiger partial charge in [-0.3, -0.25) is 9.35 Å². The van der Waals surface area contributed by atoms with Crippen LogP contribution in [0.5, 0.6) is 0 Å². The molecule has 0 aliphatic rings. The summed E-state index contributed by atoms with van der Waals surface area (Å²) in [6.07, 6.45) is 0. The molecule has 0 aliphatic heterocycles. The van der Waals surface area contributed by atoms with E-state index < -0.39 is 21.1 Å². The Morgan fingerprint density at radius 2 is 2.00 bits per heavy atom. The predicted molar refractivity (Wildman–Crippen MR) is 55.8 cm³/mol. The molecular weight excluding hydrogens is 234 g/mol. The lowest BCUT2D eigenvalue weighted by Crippen LogP contribution is -2.32. The highest BCUT2D eigenvalue weighted by molar-refractivity contribution is 7.85. The van der Waals surface area contributed by atoms with Crippen molar-refractivity contribution in [3.05, 3.63) is 17.9 Å².